The van der Waals surface area contributed by atoms with E-state index in [1.54, 1.807) is 0 Å². The summed E-state index contributed by atoms with van der Waals surface area (Å²) in [4.78, 5) is 30.1. The van der Waals surface area contributed by atoms with Crippen molar-refractivity contribution in [3.63, 3.8) is 0 Å². The molecular formula is C20H22BrNO3. The standard InChI is InChI=1S/C20H22BrNO3/c1-3-11-25-20(24)17-12(2)22-15-5-4-6-16(23)19(15)18(17)13-7-9-14(21)10-8-13/h7-10,17-18H,3-6,11H2,1-2H3/t17?,18-/m1/s1. The maximum Gasteiger partial charge on any atom is 0.315 e. The third-order valence-electron chi connectivity index (χ3n) is 4.77. The summed E-state index contributed by atoms with van der Waals surface area (Å²) in [5.74, 6) is -1.02. The summed E-state index contributed by atoms with van der Waals surface area (Å²) in [6, 6.07) is 7.83. The smallest absolute Gasteiger partial charge is 0.315 e. The number of carbonyl (C=O) groups excluding carboxylic acids is 2. The van der Waals surface area contributed by atoms with Crippen molar-refractivity contribution in [2.24, 2.45) is 10.9 Å². The summed E-state index contributed by atoms with van der Waals surface area (Å²) in [6.07, 6.45) is 2.91. The molecule has 0 amide bonds. The minimum absolute atomic E-state index is 0.110. The number of carbonyl (C=O) groups is 2. The Labute approximate surface area is 156 Å². The summed E-state index contributed by atoms with van der Waals surface area (Å²) >= 11 is 3.45. The van der Waals surface area contributed by atoms with Gasteiger partial charge in [0.15, 0.2) is 5.78 Å². The van der Waals surface area contributed by atoms with Gasteiger partial charge in [0.25, 0.3) is 0 Å². The summed E-state index contributed by atoms with van der Waals surface area (Å²) in [6.45, 7) is 4.22. The van der Waals surface area contributed by atoms with Gasteiger partial charge in [0.05, 0.1) is 6.61 Å². The van der Waals surface area contributed by atoms with Crippen molar-refractivity contribution in [3.8, 4) is 0 Å². The molecule has 4 nitrogen and oxygen atoms in total. The van der Waals surface area contributed by atoms with Gasteiger partial charge in [-0.2, -0.15) is 0 Å². The number of Topliss-reactive ketones (excluding diaryl/α,β-unsaturated/α-hetero) is 1. The van der Waals surface area contributed by atoms with E-state index in [0.717, 1.165) is 40.7 Å². The van der Waals surface area contributed by atoms with Gasteiger partial charge in [0, 0.05) is 33.8 Å². The number of aliphatic imine (C=N–C) groups is 1. The van der Waals surface area contributed by atoms with Crippen molar-refractivity contribution in [2.45, 2.75) is 45.4 Å². The third kappa shape index (κ3) is 3.61. The average molecular weight is 404 g/mol. The molecule has 0 radical (unpaired) electrons. The third-order valence-corrected chi connectivity index (χ3v) is 5.29. The molecule has 1 unspecified atom stereocenters. The summed E-state index contributed by atoms with van der Waals surface area (Å²) in [7, 11) is 0. The van der Waals surface area contributed by atoms with Crippen molar-refractivity contribution in [3.05, 3.63) is 45.6 Å². The molecule has 1 aliphatic carbocycles. The van der Waals surface area contributed by atoms with Crippen molar-refractivity contribution in [1.29, 1.82) is 0 Å². The second-order valence-electron chi connectivity index (χ2n) is 6.56. The molecule has 25 heavy (non-hydrogen) atoms. The molecular weight excluding hydrogens is 382 g/mol. The van der Waals surface area contributed by atoms with Crippen LogP contribution in [0.4, 0.5) is 0 Å². The lowest BCUT2D eigenvalue weighted by atomic mass is 9.72. The van der Waals surface area contributed by atoms with Crippen molar-refractivity contribution >= 4 is 33.4 Å². The highest BCUT2D eigenvalue weighted by Gasteiger charge is 2.42. The second-order valence-corrected chi connectivity index (χ2v) is 7.48. The van der Waals surface area contributed by atoms with E-state index in [4.69, 9.17) is 4.74 Å². The molecule has 0 bridgehead atoms. The Morgan fingerprint density at radius 2 is 2.00 bits per heavy atom. The number of esters is 1. The molecule has 2 atom stereocenters. The van der Waals surface area contributed by atoms with Crippen molar-refractivity contribution < 1.29 is 14.3 Å². The number of hydrogen-bond acceptors (Lipinski definition) is 4. The number of nitrogens with zero attached hydrogens (tertiary/aromatic N) is 1. The molecule has 2 aliphatic rings. The van der Waals surface area contributed by atoms with Gasteiger partial charge in [-0.05, 0) is 43.9 Å². The SMILES string of the molecule is CCCOC(=O)C1C(C)=NC2=C(C(=O)CCC2)[C@@H]1c1ccc(Br)cc1. The van der Waals surface area contributed by atoms with E-state index < -0.39 is 5.92 Å². The lowest BCUT2D eigenvalue weighted by Gasteiger charge is -2.34. The normalized spacial score (nSPS) is 23.2. The van der Waals surface area contributed by atoms with E-state index in [9.17, 15) is 9.59 Å². The summed E-state index contributed by atoms with van der Waals surface area (Å²) in [5, 5.41) is 0. The molecule has 0 saturated carbocycles. The first-order valence-corrected chi connectivity index (χ1v) is 9.55. The Bertz CT molecular complexity index is 749. The van der Waals surface area contributed by atoms with E-state index in [2.05, 4.69) is 20.9 Å². The predicted octanol–water partition coefficient (Wildman–Crippen LogP) is 4.58. The molecule has 0 aromatic heterocycles. The molecule has 5 heteroatoms. The van der Waals surface area contributed by atoms with E-state index in [0.29, 0.717) is 18.6 Å². The molecule has 3 rings (SSSR count). The number of ketones is 1. The zero-order valence-corrected chi connectivity index (χ0v) is 16.1. The first kappa shape index (κ1) is 18.1. The minimum Gasteiger partial charge on any atom is -0.465 e. The Morgan fingerprint density at radius 3 is 2.68 bits per heavy atom. The van der Waals surface area contributed by atoms with Gasteiger partial charge in [0.1, 0.15) is 5.92 Å². The summed E-state index contributed by atoms with van der Waals surface area (Å²) < 4.78 is 6.39. The monoisotopic (exact) mass is 403 g/mol. The van der Waals surface area contributed by atoms with Crippen molar-refractivity contribution in [2.75, 3.05) is 6.61 Å². The van der Waals surface area contributed by atoms with Gasteiger partial charge in [-0.3, -0.25) is 14.6 Å². The van der Waals surface area contributed by atoms with E-state index in [1.807, 2.05) is 38.1 Å². The Morgan fingerprint density at radius 1 is 1.28 bits per heavy atom. The molecule has 0 N–H and O–H groups in total. The molecule has 1 aromatic carbocycles. The number of halogens is 1. The molecule has 1 aromatic rings. The van der Waals surface area contributed by atoms with Crippen LogP contribution in [0.2, 0.25) is 0 Å². The second kappa shape index (κ2) is 7.65. The maximum atomic E-state index is 12.8. The zero-order valence-electron chi connectivity index (χ0n) is 14.5. The lowest BCUT2D eigenvalue weighted by molar-refractivity contribution is -0.146. The number of benzene rings is 1. The lowest BCUT2D eigenvalue weighted by Crippen LogP contribution is -2.37. The van der Waals surface area contributed by atoms with Gasteiger partial charge in [-0.15, -0.1) is 0 Å². The van der Waals surface area contributed by atoms with Gasteiger partial charge >= 0.3 is 5.97 Å². The summed E-state index contributed by atoms with van der Waals surface area (Å²) in [5.41, 5.74) is 3.25. The fourth-order valence-electron chi connectivity index (χ4n) is 3.63. The van der Waals surface area contributed by atoms with E-state index in [-0.39, 0.29) is 17.7 Å². The van der Waals surface area contributed by atoms with Crippen LogP contribution in [0.25, 0.3) is 0 Å². The van der Waals surface area contributed by atoms with Crippen LogP contribution >= 0.6 is 15.9 Å². The van der Waals surface area contributed by atoms with Crippen LogP contribution in [0.5, 0.6) is 0 Å². The fraction of sp³-hybridized carbons (Fsp3) is 0.450. The van der Waals surface area contributed by atoms with Gasteiger partial charge < -0.3 is 4.74 Å². The molecule has 0 saturated heterocycles. The number of allylic oxidation sites excluding steroid dienone is 2. The van der Waals surface area contributed by atoms with Crippen molar-refractivity contribution in [1.82, 2.24) is 0 Å². The van der Waals surface area contributed by atoms with Crippen LogP contribution in [0.1, 0.15) is 51.0 Å². The Kier molecular flexibility index (Phi) is 5.52. The predicted molar refractivity (Wildman–Crippen MR) is 101 cm³/mol. The minimum atomic E-state index is -0.534. The first-order valence-electron chi connectivity index (χ1n) is 8.76. The molecule has 0 spiro atoms. The quantitative estimate of drug-likeness (QED) is 0.690. The number of hydrogen-bond donors (Lipinski definition) is 0. The van der Waals surface area contributed by atoms with E-state index in [1.165, 1.54) is 0 Å². The number of rotatable bonds is 4. The maximum absolute atomic E-state index is 12.8. The van der Waals surface area contributed by atoms with Gasteiger partial charge in [-0.25, -0.2) is 0 Å². The zero-order chi connectivity index (χ0) is 18.0. The Hall–Kier alpha value is -1.75. The van der Waals surface area contributed by atoms with Crippen LogP contribution in [0, 0.1) is 5.92 Å². The van der Waals surface area contributed by atoms with E-state index >= 15 is 0 Å². The van der Waals surface area contributed by atoms with Crippen LogP contribution < -0.4 is 0 Å². The number of ether oxygens (including phenoxy) is 1. The van der Waals surface area contributed by atoms with Gasteiger partial charge in [0.2, 0.25) is 0 Å². The Balaban J connectivity index is 2.08. The highest BCUT2D eigenvalue weighted by molar-refractivity contribution is 9.10. The van der Waals surface area contributed by atoms with Crippen LogP contribution in [-0.2, 0) is 14.3 Å². The van der Waals surface area contributed by atoms with Crippen LogP contribution in [-0.4, -0.2) is 24.1 Å². The first-order chi connectivity index (χ1) is 12.0. The van der Waals surface area contributed by atoms with Gasteiger partial charge in [-0.1, -0.05) is 35.0 Å². The largest absolute Gasteiger partial charge is 0.465 e. The topological polar surface area (TPSA) is 55.7 Å². The average Bonchev–Trinajstić information content (AvgIpc) is 2.59. The molecule has 132 valence electrons. The highest BCUT2D eigenvalue weighted by atomic mass is 79.9. The van der Waals surface area contributed by atoms with Crippen LogP contribution in [0.15, 0.2) is 45.0 Å². The molecule has 1 heterocycles. The highest BCUT2D eigenvalue weighted by Crippen LogP contribution is 2.43. The molecule has 1 aliphatic heterocycles. The fourth-order valence-corrected chi connectivity index (χ4v) is 3.90. The molecule has 0 fully saturated rings. The van der Waals surface area contributed by atoms with Crippen LogP contribution in [0.3, 0.4) is 0 Å².